The lowest BCUT2D eigenvalue weighted by Gasteiger charge is -2.04. The maximum Gasteiger partial charge on any atom is 0.199 e. The normalized spacial score (nSPS) is 17.1. The van der Waals surface area contributed by atoms with Crippen LogP contribution in [0.3, 0.4) is 0 Å². The molecule has 0 saturated heterocycles. The van der Waals surface area contributed by atoms with Crippen molar-refractivity contribution in [1.82, 2.24) is 0 Å². The Bertz CT molecular complexity index is 202. The minimum atomic E-state index is -2.65. The number of rotatable bonds is 3. The maximum absolute atomic E-state index is 10.7. The Balaban J connectivity index is -0.000000166. The van der Waals surface area contributed by atoms with E-state index in [1.165, 1.54) is 13.8 Å². The van der Waals surface area contributed by atoms with Gasteiger partial charge >= 0.3 is 0 Å². The average Bonchev–Trinajstić information content (AvgIpc) is 2.21. The minimum Gasteiger partial charge on any atom is -0.344 e. The molecule has 0 heterocycles. The molecule has 1 N–H and O–H groups in total. The molecule has 0 rings (SSSR count). The molecule has 0 fully saturated rings. The molecule has 0 radical (unpaired) electrons. The van der Waals surface area contributed by atoms with E-state index in [2.05, 4.69) is 4.52 Å². The summed E-state index contributed by atoms with van der Waals surface area (Å²) in [5, 5.41) is 0. The SMILES string of the molecule is CC.CCP(C)(=O)O.CCP(C)(=O)OC. The first-order chi connectivity index (χ1) is 6.68. The highest BCUT2D eigenvalue weighted by molar-refractivity contribution is 7.58. The van der Waals surface area contributed by atoms with E-state index in [0.717, 1.165) is 0 Å². The second-order valence-corrected chi connectivity index (χ2v) is 8.64. The Morgan fingerprint density at radius 3 is 1.33 bits per heavy atom. The van der Waals surface area contributed by atoms with Crippen molar-refractivity contribution >= 4 is 14.7 Å². The van der Waals surface area contributed by atoms with Crippen LogP contribution in [0.2, 0.25) is 0 Å². The van der Waals surface area contributed by atoms with E-state index in [1.807, 2.05) is 20.8 Å². The summed E-state index contributed by atoms with van der Waals surface area (Å²) < 4.78 is 25.5. The second kappa shape index (κ2) is 10.9. The fraction of sp³-hybridized carbons (Fsp3) is 1.00. The van der Waals surface area contributed by atoms with Crippen LogP contribution in [-0.4, -0.2) is 37.7 Å². The zero-order valence-corrected chi connectivity index (χ0v) is 12.8. The lowest BCUT2D eigenvalue weighted by Crippen LogP contribution is -1.82. The predicted molar refractivity (Wildman–Crippen MR) is 68.7 cm³/mol. The maximum atomic E-state index is 10.7. The van der Waals surface area contributed by atoms with Crippen molar-refractivity contribution in [1.29, 1.82) is 0 Å². The Morgan fingerprint density at radius 2 is 1.33 bits per heavy atom. The topological polar surface area (TPSA) is 63.6 Å². The van der Waals surface area contributed by atoms with Crippen LogP contribution >= 0.6 is 14.7 Å². The lowest BCUT2D eigenvalue weighted by molar-refractivity contribution is 0.400. The molecule has 0 aromatic carbocycles. The molecule has 15 heavy (non-hydrogen) atoms. The number of hydrogen-bond acceptors (Lipinski definition) is 3. The van der Waals surface area contributed by atoms with Gasteiger partial charge in [0.25, 0.3) is 0 Å². The van der Waals surface area contributed by atoms with Gasteiger partial charge in [-0.05, 0) is 0 Å². The van der Waals surface area contributed by atoms with Gasteiger partial charge in [0.15, 0.2) is 14.7 Å². The molecule has 0 aromatic heterocycles. The van der Waals surface area contributed by atoms with Gasteiger partial charge in [-0.15, -0.1) is 0 Å². The molecule has 0 aliphatic heterocycles. The van der Waals surface area contributed by atoms with E-state index in [4.69, 9.17) is 4.89 Å². The van der Waals surface area contributed by atoms with Gasteiger partial charge < -0.3 is 9.42 Å². The van der Waals surface area contributed by atoms with Crippen molar-refractivity contribution < 1.29 is 18.5 Å². The standard InChI is InChI=1S/C4H11O2P.C3H9O2P.C2H6/c1-4-7(3,5)6-2;1-3-6(2,4)5;1-2/h4H2,1-3H3;3H2,1-2H3,(H,4,5);1-2H3. The van der Waals surface area contributed by atoms with E-state index < -0.39 is 14.7 Å². The van der Waals surface area contributed by atoms with Crippen molar-refractivity contribution in [3.63, 3.8) is 0 Å². The Kier molecular flexibility index (Phi) is 15.1. The molecule has 0 aliphatic carbocycles. The zero-order valence-electron chi connectivity index (χ0n) is 11.0. The Morgan fingerprint density at radius 1 is 1.07 bits per heavy atom. The highest BCUT2D eigenvalue weighted by Gasteiger charge is 2.07. The molecule has 0 aromatic rings. The number of hydrogen-bond donors (Lipinski definition) is 1. The highest BCUT2D eigenvalue weighted by Crippen LogP contribution is 2.39. The molecule has 2 atom stereocenters. The summed E-state index contributed by atoms with van der Waals surface area (Å²) in [6.45, 7) is 10.5. The molecular weight excluding hydrogens is 234 g/mol. The molecule has 2 unspecified atom stereocenters. The molecule has 6 heteroatoms. The van der Waals surface area contributed by atoms with Crippen LogP contribution in [0, 0.1) is 0 Å². The van der Waals surface area contributed by atoms with Crippen LogP contribution in [0.4, 0.5) is 0 Å². The smallest absolute Gasteiger partial charge is 0.199 e. The molecule has 0 aliphatic rings. The van der Waals surface area contributed by atoms with Crippen molar-refractivity contribution in [2.75, 3.05) is 32.8 Å². The highest BCUT2D eigenvalue weighted by atomic mass is 31.2. The van der Waals surface area contributed by atoms with Gasteiger partial charge in [-0.3, -0.25) is 9.13 Å². The van der Waals surface area contributed by atoms with Gasteiger partial charge in [-0.25, -0.2) is 0 Å². The third-order valence-electron chi connectivity index (χ3n) is 1.55. The van der Waals surface area contributed by atoms with Gasteiger partial charge in [0, 0.05) is 32.8 Å². The van der Waals surface area contributed by atoms with Crippen LogP contribution in [0.5, 0.6) is 0 Å². The molecule has 0 bridgehead atoms. The van der Waals surface area contributed by atoms with Gasteiger partial charge in [0.05, 0.1) is 0 Å². The second-order valence-electron chi connectivity index (χ2n) is 2.88. The van der Waals surface area contributed by atoms with Crippen LogP contribution < -0.4 is 0 Å². The third-order valence-corrected chi connectivity index (χ3v) is 4.64. The zero-order chi connectivity index (χ0) is 13.1. The average molecular weight is 260 g/mol. The summed E-state index contributed by atoms with van der Waals surface area (Å²) in [6.07, 6.45) is 1.01. The Labute approximate surface area is 94.3 Å². The van der Waals surface area contributed by atoms with Crippen molar-refractivity contribution in [2.45, 2.75) is 27.7 Å². The summed E-state index contributed by atoms with van der Waals surface area (Å²) in [4.78, 5) is 8.38. The largest absolute Gasteiger partial charge is 0.344 e. The summed E-state index contributed by atoms with van der Waals surface area (Å²) >= 11 is 0. The fourth-order valence-corrected chi connectivity index (χ4v) is 0.387. The van der Waals surface area contributed by atoms with E-state index in [9.17, 15) is 9.13 Å². The van der Waals surface area contributed by atoms with E-state index >= 15 is 0 Å². The summed E-state index contributed by atoms with van der Waals surface area (Å²) in [6, 6.07) is 0. The van der Waals surface area contributed by atoms with Crippen molar-refractivity contribution in [3.05, 3.63) is 0 Å². The first-order valence-electron chi connectivity index (χ1n) is 5.10. The van der Waals surface area contributed by atoms with E-state index in [0.29, 0.717) is 12.3 Å². The third kappa shape index (κ3) is 25.0. The van der Waals surface area contributed by atoms with Crippen molar-refractivity contribution in [2.24, 2.45) is 0 Å². The van der Waals surface area contributed by atoms with E-state index in [1.54, 1.807) is 13.6 Å². The fourth-order valence-electron chi connectivity index (χ4n) is 0.129. The first kappa shape index (κ1) is 20.8. The predicted octanol–water partition coefficient (Wildman–Crippen LogP) is 3.49. The molecule has 0 spiro atoms. The van der Waals surface area contributed by atoms with Gasteiger partial charge in [-0.2, -0.15) is 0 Å². The monoisotopic (exact) mass is 260 g/mol. The van der Waals surface area contributed by atoms with Gasteiger partial charge in [0.2, 0.25) is 0 Å². The van der Waals surface area contributed by atoms with Crippen LogP contribution in [0.15, 0.2) is 0 Å². The summed E-state index contributed by atoms with van der Waals surface area (Å²) in [5.41, 5.74) is 0. The minimum absolute atomic E-state index is 0.382. The van der Waals surface area contributed by atoms with Gasteiger partial charge in [0.1, 0.15) is 0 Å². The van der Waals surface area contributed by atoms with Gasteiger partial charge in [-0.1, -0.05) is 27.7 Å². The molecule has 0 saturated carbocycles. The van der Waals surface area contributed by atoms with Crippen molar-refractivity contribution in [3.8, 4) is 0 Å². The first-order valence-corrected chi connectivity index (χ1v) is 9.65. The molecular formula is C9H26O4P2. The molecule has 0 amide bonds. The Hall–Kier alpha value is 0.380. The molecule has 96 valence electrons. The van der Waals surface area contributed by atoms with Crippen LogP contribution in [0.25, 0.3) is 0 Å². The lowest BCUT2D eigenvalue weighted by atomic mass is 11.0. The summed E-state index contributed by atoms with van der Waals surface area (Å²) in [5.74, 6) is 0. The molecule has 4 nitrogen and oxygen atoms in total. The summed E-state index contributed by atoms with van der Waals surface area (Å²) in [7, 11) is -3.32. The quantitative estimate of drug-likeness (QED) is 0.789. The van der Waals surface area contributed by atoms with E-state index in [-0.39, 0.29) is 0 Å². The van der Waals surface area contributed by atoms with Crippen LogP contribution in [0.1, 0.15) is 27.7 Å². The van der Waals surface area contributed by atoms with Crippen LogP contribution in [-0.2, 0) is 13.7 Å².